The minimum Gasteiger partial charge on any atom is -0.366 e. The molecule has 0 unspecified atom stereocenters. The molecule has 2 N–H and O–H groups in total. The van der Waals surface area contributed by atoms with Crippen LogP contribution in [0.5, 0.6) is 0 Å². The molecule has 3 aromatic rings. The highest BCUT2D eigenvalue weighted by molar-refractivity contribution is 6.02. The van der Waals surface area contributed by atoms with Crippen molar-refractivity contribution >= 4 is 5.91 Å². The zero-order valence-electron chi connectivity index (χ0n) is 17.9. The van der Waals surface area contributed by atoms with Crippen LogP contribution in [0.1, 0.15) is 59.1 Å². The average Bonchev–Trinajstić information content (AvgIpc) is 3.00. The number of aromatic nitrogens is 1. The second-order valence-electron chi connectivity index (χ2n) is 7.86. The van der Waals surface area contributed by atoms with E-state index >= 15 is 0 Å². The summed E-state index contributed by atoms with van der Waals surface area (Å²) >= 11 is 0. The third-order valence-electron chi connectivity index (χ3n) is 5.70. The molecule has 0 fully saturated rings. The fourth-order valence-electron chi connectivity index (χ4n) is 4.12. The number of hydrogen-bond acceptors (Lipinski definition) is 1. The molecule has 0 aliphatic carbocycles. The van der Waals surface area contributed by atoms with Gasteiger partial charge in [0.25, 0.3) is 5.91 Å². The Bertz CT molecular complexity index is 953. The summed E-state index contributed by atoms with van der Waals surface area (Å²) in [5.74, 6) is -0.340. The molecular formula is C26H32N2O. The van der Waals surface area contributed by atoms with Gasteiger partial charge in [0.2, 0.25) is 0 Å². The van der Waals surface area contributed by atoms with Crippen LogP contribution in [0.4, 0.5) is 0 Å². The predicted octanol–water partition coefficient (Wildman–Crippen LogP) is 5.85. The molecule has 0 atom stereocenters. The summed E-state index contributed by atoms with van der Waals surface area (Å²) < 4.78 is 2.33. The zero-order valence-corrected chi connectivity index (χ0v) is 17.9. The molecule has 3 nitrogen and oxygen atoms in total. The van der Waals surface area contributed by atoms with Crippen LogP contribution in [0.2, 0.25) is 0 Å². The van der Waals surface area contributed by atoms with Gasteiger partial charge in [-0.25, -0.2) is 0 Å². The summed E-state index contributed by atoms with van der Waals surface area (Å²) in [6.45, 7) is 7.18. The standard InChI is InChI=1S/C26H32N2O/c1-4-5-7-12-23-25(22-15-13-19(2)14-16-22)24(26(27)29)20(3)28(23)18-17-21-10-8-6-9-11-21/h6,8-11,13-16H,4-5,7,12,17-18H2,1-3H3,(H2,27,29). The van der Waals surface area contributed by atoms with Gasteiger partial charge in [0, 0.05) is 23.5 Å². The van der Waals surface area contributed by atoms with Gasteiger partial charge in [0.15, 0.2) is 0 Å². The van der Waals surface area contributed by atoms with E-state index in [0.29, 0.717) is 5.56 Å². The van der Waals surface area contributed by atoms with Crippen molar-refractivity contribution in [3.8, 4) is 11.1 Å². The van der Waals surface area contributed by atoms with Gasteiger partial charge in [-0.1, -0.05) is 79.9 Å². The number of benzene rings is 2. The molecule has 0 bridgehead atoms. The van der Waals surface area contributed by atoms with Gasteiger partial charge < -0.3 is 10.3 Å². The molecule has 1 heterocycles. The van der Waals surface area contributed by atoms with Crippen molar-refractivity contribution in [1.82, 2.24) is 4.57 Å². The number of unbranched alkanes of at least 4 members (excludes halogenated alkanes) is 2. The van der Waals surface area contributed by atoms with E-state index in [1.807, 2.05) is 13.0 Å². The molecule has 0 aliphatic rings. The van der Waals surface area contributed by atoms with Crippen molar-refractivity contribution in [2.45, 2.75) is 59.4 Å². The van der Waals surface area contributed by atoms with Gasteiger partial charge in [0.1, 0.15) is 0 Å². The van der Waals surface area contributed by atoms with Crippen molar-refractivity contribution in [2.24, 2.45) is 5.73 Å². The summed E-state index contributed by atoms with van der Waals surface area (Å²) in [6.07, 6.45) is 5.36. The average molecular weight is 389 g/mol. The normalized spacial score (nSPS) is 11.0. The molecular weight excluding hydrogens is 356 g/mol. The van der Waals surface area contributed by atoms with Gasteiger partial charge in [-0.05, 0) is 44.2 Å². The molecule has 29 heavy (non-hydrogen) atoms. The molecule has 0 radical (unpaired) electrons. The van der Waals surface area contributed by atoms with Gasteiger partial charge in [0.05, 0.1) is 5.56 Å². The molecule has 0 spiro atoms. The first-order chi connectivity index (χ1) is 14.0. The molecule has 3 rings (SSSR count). The predicted molar refractivity (Wildman–Crippen MR) is 121 cm³/mol. The van der Waals surface area contributed by atoms with Crippen LogP contribution in [-0.4, -0.2) is 10.5 Å². The van der Waals surface area contributed by atoms with Crippen LogP contribution in [0.3, 0.4) is 0 Å². The summed E-state index contributed by atoms with van der Waals surface area (Å²) in [6, 6.07) is 18.9. The monoisotopic (exact) mass is 388 g/mol. The van der Waals surface area contributed by atoms with Gasteiger partial charge in [-0.2, -0.15) is 0 Å². The van der Waals surface area contributed by atoms with E-state index in [9.17, 15) is 4.79 Å². The summed E-state index contributed by atoms with van der Waals surface area (Å²) in [7, 11) is 0. The largest absolute Gasteiger partial charge is 0.366 e. The highest BCUT2D eigenvalue weighted by Gasteiger charge is 2.24. The summed E-state index contributed by atoms with van der Waals surface area (Å²) in [5.41, 5.74) is 13.4. The minimum atomic E-state index is -0.340. The Kier molecular flexibility index (Phi) is 6.92. The van der Waals surface area contributed by atoms with Gasteiger partial charge in [-0.15, -0.1) is 0 Å². The SMILES string of the molecule is CCCCCc1c(-c2ccc(C)cc2)c(C(N)=O)c(C)n1CCc1ccccc1. The van der Waals surface area contributed by atoms with Crippen LogP contribution in [-0.2, 0) is 19.4 Å². The number of nitrogens with two attached hydrogens (primary N) is 1. The number of hydrogen-bond donors (Lipinski definition) is 1. The maximum absolute atomic E-state index is 12.5. The molecule has 0 saturated heterocycles. The number of aryl methyl sites for hydroxylation is 2. The van der Waals surface area contributed by atoms with Crippen LogP contribution < -0.4 is 5.73 Å². The Labute approximate surface area is 174 Å². The van der Waals surface area contributed by atoms with Crippen molar-refractivity contribution in [2.75, 3.05) is 0 Å². The van der Waals surface area contributed by atoms with Crippen molar-refractivity contribution < 1.29 is 4.79 Å². The van der Waals surface area contributed by atoms with Crippen LogP contribution >= 0.6 is 0 Å². The topological polar surface area (TPSA) is 48.0 Å². The quantitative estimate of drug-likeness (QED) is 0.460. The number of primary amides is 1. The summed E-state index contributed by atoms with van der Waals surface area (Å²) in [5, 5.41) is 0. The van der Waals surface area contributed by atoms with Crippen LogP contribution in [0.15, 0.2) is 54.6 Å². The third kappa shape index (κ3) is 4.79. The van der Waals surface area contributed by atoms with Crippen molar-refractivity contribution in [3.05, 3.63) is 82.7 Å². The summed E-state index contributed by atoms with van der Waals surface area (Å²) in [4.78, 5) is 12.5. The number of nitrogens with zero attached hydrogens (tertiary/aromatic N) is 1. The van der Waals surface area contributed by atoms with Gasteiger partial charge in [-0.3, -0.25) is 4.79 Å². The molecule has 0 aliphatic heterocycles. The smallest absolute Gasteiger partial charge is 0.251 e. The zero-order chi connectivity index (χ0) is 20.8. The Hall–Kier alpha value is -2.81. The second kappa shape index (κ2) is 9.60. The van der Waals surface area contributed by atoms with E-state index in [2.05, 4.69) is 66.9 Å². The first kappa shape index (κ1) is 20.9. The fraction of sp³-hybridized carbons (Fsp3) is 0.346. The third-order valence-corrected chi connectivity index (χ3v) is 5.70. The molecule has 3 heteroatoms. The van der Waals surface area contributed by atoms with E-state index in [0.717, 1.165) is 42.6 Å². The Balaban J connectivity index is 2.08. The first-order valence-electron chi connectivity index (χ1n) is 10.7. The maximum Gasteiger partial charge on any atom is 0.251 e. The lowest BCUT2D eigenvalue weighted by molar-refractivity contribution is 0.1000. The highest BCUT2D eigenvalue weighted by atomic mass is 16.1. The van der Waals surface area contributed by atoms with Crippen LogP contribution in [0, 0.1) is 13.8 Å². The number of rotatable bonds is 9. The fourth-order valence-corrected chi connectivity index (χ4v) is 4.12. The molecule has 1 aromatic heterocycles. The lowest BCUT2D eigenvalue weighted by Gasteiger charge is -2.14. The second-order valence-corrected chi connectivity index (χ2v) is 7.86. The molecule has 1 amide bonds. The highest BCUT2D eigenvalue weighted by Crippen LogP contribution is 2.34. The maximum atomic E-state index is 12.5. The molecule has 0 saturated carbocycles. The van der Waals surface area contributed by atoms with E-state index in [1.165, 1.54) is 29.7 Å². The minimum absolute atomic E-state index is 0.340. The Morgan fingerprint density at radius 3 is 2.24 bits per heavy atom. The molecule has 152 valence electrons. The van der Waals surface area contributed by atoms with E-state index in [1.54, 1.807) is 0 Å². The van der Waals surface area contributed by atoms with Gasteiger partial charge >= 0.3 is 0 Å². The number of carbonyl (C=O) groups excluding carboxylic acids is 1. The van der Waals surface area contributed by atoms with E-state index in [-0.39, 0.29) is 5.91 Å². The Morgan fingerprint density at radius 2 is 1.62 bits per heavy atom. The Morgan fingerprint density at radius 1 is 0.931 bits per heavy atom. The first-order valence-corrected chi connectivity index (χ1v) is 10.7. The van der Waals surface area contributed by atoms with Crippen molar-refractivity contribution in [1.29, 1.82) is 0 Å². The van der Waals surface area contributed by atoms with Crippen LogP contribution in [0.25, 0.3) is 11.1 Å². The molecule has 2 aromatic carbocycles. The van der Waals surface area contributed by atoms with Crippen molar-refractivity contribution in [3.63, 3.8) is 0 Å². The lowest BCUT2D eigenvalue weighted by Crippen LogP contribution is -2.14. The van der Waals surface area contributed by atoms with E-state index in [4.69, 9.17) is 5.73 Å². The number of amides is 1. The number of carbonyl (C=O) groups is 1. The lowest BCUT2D eigenvalue weighted by atomic mass is 9.96. The van der Waals surface area contributed by atoms with E-state index < -0.39 is 0 Å².